The van der Waals surface area contributed by atoms with Crippen LogP contribution in [0, 0.1) is 11.8 Å². The predicted molar refractivity (Wildman–Crippen MR) is 252 cm³/mol. The molecule has 3 aliphatic carbocycles. The molecule has 2 saturated carbocycles. The van der Waals surface area contributed by atoms with E-state index in [1.165, 1.54) is 41.5 Å². The summed E-state index contributed by atoms with van der Waals surface area (Å²) in [6, 6.07) is 35.0. The van der Waals surface area contributed by atoms with E-state index in [9.17, 15) is 0 Å². The van der Waals surface area contributed by atoms with Gasteiger partial charge in [-0.25, -0.2) is 0 Å². The maximum absolute atomic E-state index is 7.88. The molecule has 1 saturated heterocycles. The van der Waals surface area contributed by atoms with E-state index in [4.69, 9.17) is 62.8 Å². The third kappa shape index (κ3) is 6.80. The van der Waals surface area contributed by atoms with Crippen LogP contribution in [0.15, 0.2) is 109 Å². The molecule has 2 bridgehead atoms. The Morgan fingerprint density at radius 2 is 1.42 bits per heavy atom. The summed E-state index contributed by atoms with van der Waals surface area (Å²) in [5, 5.41) is 2.03. The second kappa shape index (κ2) is 15.2. The van der Waals surface area contributed by atoms with Crippen molar-refractivity contribution >= 4 is 22.5 Å². The summed E-state index contributed by atoms with van der Waals surface area (Å²) >= 11 is 0. The number of methoxy groups -OCH3 is 2. The van der Waals surface area contributed by atoms with Crippen molar-refractivity contribution in [3.8, 4) is 51.0 Å². The predicted octanol–water partition coefficient (Wildman–Crippen LogP) is 6.53. The number of benzene rings is 6. The molecule has 6 aromatic rings. The molecule has 5 aliphatic rings. The maximum Gasteiger partial charge on any atom is 0.271 e. The van der Waals surface area contributed by atoms with E-state index in [2.05, 4.69) is 71.6 Å². The van der Waals surface area contributed by atoms with Gasteiger partial charge in [-0.2, -0.15) is 0 Å². The molecule has 2 heterocycles. The minimum atomic E-state index is -1.92. The van der Waals surface area contributed by atoms with E-state index < -0.39 is 17.5 Å². The summed E-state index contributed by atoms with van der Waals surface area (Å²) in [5.41, 5.74) is 45.2. The molecule has 65 heavy (non-hydrogen) atoms. The Morgan fingerprint density at radius 1 is 0.692 bits per heavy atom. The normalized spacial score (nSPS) is 23.0. The molecule has 0 aromatic heterocycles. The van der Waals surface area contributed by atoms with Crippen molar-refractivity contribution < 1.29 is 28.4 Å². The van der Waals surface area contributed by atoms with Gasteiger partial charge in [0.15, 0.2) is 5.60 Å². The van der Waals surface area contributed by atoms with Gasteiger partial charge in [0.05, 0.1) is 33.1 Å². The molecule has 13 nitrogen and oxygen atoms in total. The number of anilines is 1. The van der Waals surface area contributed by atoms with Gasteiger partial charge >= 0.3 is 0 Å². The summed E-state index contributed by atoms with van der Waals surface area (Å²) in [7, 11) is 3.40. The molecule has 0 radical (unpaired) electrons. The molecule has 13 heteroatoms. The molecule has 1 spiro atoms. The van der Waals surface area contributed by atoms with Crippen molar-refractivity contribution in [1.29, 1.82) is 0 Å². The summed E-state index contributed by atoms with van der Waals surface area (Å²) in [6.07, 6.45) is 9.24. The van der Waals surface area contributed by atoms with E-state index in [0.29, 0.717) is 49.6 Å². The molecular formula is C52H55N7O6. The van der Waals surface area contributed by atoms with Crippen molar-refractivity contribution in [2.75, 3.05) is 45.4 Å². The minimum Gasteiger partial charge on any atom is -0.497 e. The van der Waals surface area contributed by atoms with Gasteiger partial charge in [0, 0.05) is 46.1 Å². The van der Waals surface area contributed by atoms with Gasteiger partial charge in [-0.3, -0.25) is 34.4 Å². The van der Waals surface area contributed by atoms with E-state index in [0.717, 1.165) is 67.9 Å². The van der Waals surface area contributed by atoms with Gasteiger partial charge in [-0.15, -0.1) is 0 Å². The second-order valence-electron chi connectivity index (χ2n) is 18.3. The van der Waals surface area contributed by atoms with Crippen LogP contribution in [-0.4, -0.2) is 52.5 Å². The number of rotatable bonds is 10. The van der Waals surface area contributed by atoms with Gasteiger partial charge in [-0.05, 0) is 119 Å². The zero-order valence-electron chi connectivity index (χ0n) is 36.6. The van der Waals surface area contributed by atoms with Crippen molar-refractivity contribution in [2.24, 2.45) is 46.2 Å². The number of ether oxygens (including phenoxy) is 6. The molecule has 11 rings (SSSR count). The lowest BCUT2D eigenvalue weighted by atomic mass is 9.65. The van der Waals surface area contributed by atoms with E-state index in [-0.39, 0.29) is 5.41 Å². The summed E-state index contributed by atoms with van der Waals surface area (Å²) < 4.78 is 37.2. The number of hydrogen-bond donors (Lipinski definition) is 6. The van der Waals surface area contributed by atoms with Crippen LogP contribution in [0.2, 0.25) is 0 Å². The Balaban J connectivity index is 1.19. The molecule has 12 N–H and O–H groups in total. The number of morpholine rings is 1. The molecule has 3 fully saturated rings. The topological polar surface area (TPSA) is 215 Å². The van der Waals surface area contributed by atoms with Crippen molar-refractivity contribution in [3.05, 3.63) is 137 Å². The molecular weight excluding hydrogens is 819 g/mol. The Bertz CT molecular complexity index is 2870. The summed E-state index contributed by atoms with van der Waals surface area (Å²) in [6.45, 7) is 2.30. The van der Waals surface area contributed by atoms with E-state index >= 15 is 0 Å². The number of nitrogens with zero attached hydrogens (tertiary/aromatic N) is 1. The molecule has 334 valence electrons. The van der Waals surface area contributed by atoms with Crippen LogP contribution in [0.1, 0.15) is 53.5 Å². The van der Waals surface area contributed by atoms with Crippen LogP contribution in [0.3, 0.4) is 0 Å². The molecule has 4 unspecified atom stereocenters. The standard InChI is InChI=1S/C52H55N7O6/c1-60-35-14-8-31(9-15-35)39-27-40-41(28-45(39)61-2)48-38(47-46(40)37-5-3-4-6-42(37)49(47)29-30-7-10-33(49)25-30)19-20-50(65-48,32-11-16-36(17-12-32)63-51(53,54)55)34-13-18-44(64-52(56,57)58)43(26-34)59-21-23-62-24-22-59/h3-6,8-9,11-20,26-28,30,33H,7,10,21-25,29,53-58H2,1-2H3. The van der Waals surface area contributed by atoms with Gasteiger partial charge < -0.3 is 33.3 Å². The number of fused-ring (bicyclic) bond motifs is 13. The maximum atomic E-state index is 7.88. The lowest BCUT2D eigenvalue weighted by Gasteiger charge is -2.41. The number of hydrogen-bond acceptors (Lipinski definition) is 13. The molecule has 4 atom stereocenters. The van der Waals surface area contributed by atoms with Crippen molar-refractivity contribution in [3.63, 3.8) is 0 Å². The minimum absolute atomic E-state index is 0.166. The van der Waals surface area contributed by atoms with Crippen molar-refractivity contribution in [1.82, 2.24) is 0 Å². The summed E-state index contributed by atoms with van der Waals surface area (Å²) in [4.78, 5) is 2.19. The fourth-order valence-electron chi connectivity index (χ4n) is 11.8. The summed E-state index contributed by atoms with van der Waals surface area (Å²) in [5.74, 6) is 0.467. The highest BCUT2D eigenvalue weighted by molar-refractivity contribution is 6.11. The highest BCUT2D eigenvalue weighted by atomic mass is 16.5. The fraction of sp³-hybridized carbons (Fsp3) is 0.308. The SMILES string of the molecule is COc1ccc(-c2cc3c4c(c5c(c3cc2OC)OC(c2ccc(OC(N)(N)N)cc2)(c2ccc(OC(N)(N)N)c(N3CCOCC3)c2)C=C5)C2(CC3CCC2C3)c2ccccc2-4)cc1. The number of nitrogens with two attached hydrogens (primary N) is 6. The molecule has 2 aliphatic heterocycles. The largest absolute Gasteiger partial charge is 0.497 e. The van der Waals surface area contributed by atoms with Gasteiger partial charge in [-0.1, -0.05) is 67.1 Å². The van der Waals surface area contributed by atoms with Crippen LogP contribution in [-0.2, 0) is 15.8 Å². The average Bonchev–Trinajstić information content (AvgIpc) is 4.01. The molecule has 0 amide bonds. The quantitative estimate of drug-likeness (QED) is 0.0809. The van der Waals surface area contributed by atoms with Crippen LogP contribution in [0.5, 0.6) is 28.7 Å². The van der Waals surface area contributed by atoms with Crippen LogP contribution in [0.25, 0.3) is 39.1 Å². The first-order valence-electron chi connectivity index (χ1n) is 22.3. The molecule has 6 aromatic carbocycles. The lowest BCUT2D eigenvalue weighted by Crippen LogP contribution is -2.62. The van der Waals surface area contributed by atoms with Gasteiger partial charge in [0.2, 0.25) is 0 Å². The highest BCUT2D eigenvalue weighted by Gasteiger charge is 2.58. The fourth-order valence-corrected chi connectivity index (χ4v) is 11.8. The van der Waals surface area contributed by atoms with Crippen LogP contribution < -0.4 is 63.0 Å². The van der Waals surface area contributed by atoms with E-state index in [1.807, 2.05) is 36.4 Å². The van der Waals surface area contributed by atoms with Crippen LogP contribution in [0.4, 0.5) is 5.69 Å². The average molecular weight is 874 g/mol. The third-order valence-corrected chi connectivity index (χ3v) is 14.3. The van der Waals surface area contributed by atoms with E-state index in [1.54, 1.807) is 26.4 Å². The monoisotopic (exact) mass is 873 g/mol. The lowest BCUT2D eigenvalue weighted by molar-refractivity contribution is 0.0889. The first kappa shape index (κ1) is 41.5. The van der Waals surface area contributed by atoms with Crippen molar-refractivity contribution in [2.45, 2.75) is 48.6 Å². The first-order chi connectivity index (χ1) is 31.3. The Kier molecular flexibility index (Phi) is 9.72. The Hall–Kier alpha value is -6.16. The van der Waals surface area contributed by atoms with Crippen LogP contribution >= 0.6 is 0 Å². The third-order valence-electron chi connectivity index (χ3n) is 14.3. The Labute approximate surface area is 378 Å². The first-order valence-corrected chi connectivity index (χ1v) is 22.3. The van der Waals surface area contributed by atoms with Gasteiger partial charge in [0.1, 0.15) is 28.7 Å². The zero-order valence-corrected chi connectivity index (χ0v) is 36.6. The zero-order chi connectivity index (χ0) is 44.9. The highest BCUT2D eigenvalue weighted by Crippen LogP contribution is 2.69. The Morgan fingerprint density at radius 3 is 2.09 bits per heavy atom. The second-order valence-corrected chi connectivity index (χ2v) is 18.3. The smallest absolute Gasteiger partial charge is 0.271 e. The van der Waals surface area contributed by atoms with Gasteiger partial charge in [0.25, 0.3) is 11.9 Å².